The van der Waals surface area contributed by atoms with Gasteiger partial charge in [-0.1, -0.05) is 25.1 Å². The zero-order valence-corrected chi connectivity index (χ0v) is 11.2. The van der Waals surface area contributed by atoms with Gasteiger partial charge in [-0.25, -0.2) is 0 Å². The molecule has 0 aliphatic rings. The average molecular weight is 245 g/mol. The third-order valence-corrected chi connectivity index (χ3v) is 3.67. The van der Waals surface area contributed by atoms with Crippen LogP contribution in [0.3, 0.4) is 0 Å². The molecule has 0 radical (unpaired) electrons. The van der Waals surface area contributed by atoms with Crippen LogP contribution in [0.5, 0.6) is 0 Å². The van der Waals surface area contributed by atoms with Crippen LogP contribution in [-0.2, 0) is 17.8 Å². The topological polar surface area (TPSA) is 42.2 Å². The molecule has 0 spiro atoms. The molecule has 3 heteroatoms. The van der Waals surface area contributed by atoms with Gasteiger partial charge in [-0.05, 0) is 31.4 Å². The van der Waals surface area contributed by atoms with E-state index in [0.29, 0.717) is 6.54 Å². The van der Waals surface area contributed by atoms with Gasteiger partial charge in [0.05, 0.1) is 11.9 Å². The lowest BCUT2D eigenvalue weighted by molar-refractivity contribution is -0.137. The quantitative estimate of drug-likeness (QED) is 0.898. The van der Waals surface area contributed by atoms with Gasteiger partial charge in [0.25, 0.3) is 0 Å². The van der Waals surface area contributed by atoms with Crippen molar-refractivity contribution in [2.24, 2.45) is 0 Å². The molecular weight excluding hydrogens is 226 g/mol. The maximum Gasteiger partial charge on any atom is 0.305 e. The van der Waals surface area contributed by atoms with Crippen molar-refractivity contribution in [3.63, 3.8) is 0 Å². The predicted molar refractivity (Wildman–Crippen MR) is 73.0 cm³/mol. The third-order valence-electron chi connectivity index (χ3n) is 3.67. The summed E-state index contributed by atoms with van der Waals surface area (Å²) in [5.74, 6) is -0.747. The molecule has 0 fully saturated rings. The number of hydrogen-bond donors (Lipinski definition) is 1. The second kappa shape index (κ2) is 4.84. The monoisotopic (exact) mass is 245 g/mol. The standard InChI is InChI=1S/C15H19NO2/c1-4-12-6-5-7-13-10(2)11(3)16(15(12)13)9-8-14(17)18/h5-7H,4,8-9H2,1-3H3,(H,17,18). The van der Waals surface area contributed by atoms with Gasteiger partial charge in [0.15, 0.2) is 0 Å². The first-order valence-electron chi connectivity index (χ1n) is 6.35. The summed E-state index contributed by atoms with van der Waals surface area (Å²) in [5, 5.41) is 10.1. The number of benzene rings is 1. The fourth-order valence-corrected chi connectivity index (χ4v) is 2.55. The number of para-hydroxylation sites is 1. The maximum atomic E-state index is 10.8. The van der Waals surface area contributed by atoms with Gasteiger partial charge in [-0.3, -0.25) is 4.79 Å². The molecule has 0 saturated heterocycles. The van der Waals surface area contributed by atoms with E-state index < -0.39 is 5.97 Å². The smallest absolute Gasteiger partial charge is 0.305 e. The summed E-state index contributed by atoms with van der Waals surface area (Å²) in [4.78, 5) is 10.8. The number of aryl methyl sites for hydroxylation is 3. The van der Waals surface area contributed by atoms with E-state index in [2.05, 4.69) is 43.5 Å². The fourth-order valence-electron chi connectivity index (χ4n) is 2.55. The van der Waals surface area contributed by atoms with Crippen LogP contribution in [0, 0.1) is 13.8 Å². The molecule has 0 unspecified atom stereocenters. The van der Waals surface area contributed by atoms with Gasteiger partial charge >= 0.3 is 5.97 Å². The van der Waals surface area contributed by atoms with Crippen LogP contribution in [0.15, 0.2) is 18.2 Å². The summed E-state index contributed by atoms with van der Waals surface area (Å²) in [6.45, 7) is 6.85. The van der Waals surface area contributed by atoms with E-state index in [1.807, 2.05) is 0 Å². The highest BCUT2D eigenvalue weighted by molar-refractivity contribution is 5.88. The Balaban J connectivity index is 2.62. The Morgan fingerprint density at radius 3 is 2.67 bits per heavy atom. The third kappa shape index (κ3) is 2.01. The predicted octanol–water partition coefficient (Wildman–Crippen LogP) is 3.30. The molecule has 0 atom stereocenters. The van der Waals surface area contributed by atoms with Crippen LogP contribution in [0.2, 0.25) is 0 Å². The van der Waals surface area contributed by atoms with Crippen LogP contribution >= 0.6 is 0 Å². The van der Waals surface area contributed by atoms with E-state index in [0.717, 1.165) is 6.42 Å². The van der Waals surface area contributed by atoms with Gasteiger partial charge in [0.2, 0.25) is 0 Å². The summed E-state index contributed by atoms with van der Waals surface area (Å²) >= 11 is 0. The van der Waals surface area contributed by atoms with Crippen molar-refractivity contribution in [3.8, 4) is 0 Å². The number of aromatic nitrogens is 1. The van der Waals surface area contributed by atoms with Crippen LogP contribution in [0.25, 0.3) is 10.9 Å². The number of nitrogens with zero attached hydrogens (tertiary/aromatic N) is 1. The number of rotatable bonds is 4. The highest BCUT2D eigenvalue weighted by Crippen LogP contribution is 2.28. The van der Waals surface area contributed by atoms with E-state index in [1.165, 1.54) is 27.7 Å². The lowest BCUT2D eigenvalue weighted by Gasteiger charge is -2.09. The van der Waals surface area contributed by atoms with Crippen molar-refractivity contribution in [2.45, 2.75) is 40.2 Å². The van der Waals surface area contributed by atoms with Crippen molar-refractivity contribution in [3.05, 3.63) is 35.0 Å². The Bertz CT molecular complexity index is 596. The van der Waals surface area contributed by atoms with Crippen molar-refractivity contribution in [1.82, 2.24) is 4.57 Å². The Morgan fingerprint density at radius 1 is 1.33 bits per heavy atom. The molecular formula is C15H19NO2. The molecule has 0 saturated carbocycles. The minimum Gasteiger partial charge on any atom is -0.481 e. The lowest BCUT2D eigenvalue weighted by atomic mass is 10.1. The highest BCUT2D eigenvalue weighted by Gasteiger charge is 2.13. The molecule has 2 rings (SSSR count). The molecule has 1 aromatic heterocycles. The number of carboxylic acids is 1. The van der Waals surface area contributed by atoms with Gasteiger partial charge in [-0.2, -0.15) is 0 Å². The average Bonchev–Trinajstić information content (AvgIpc) is 2.60. The second-order valence-corrected chi connectivity index (χ2v) is 4.67. The SMILES string of the molecule is CCc1cccc2c(C)c(C)n(CCC(=O)O)c12. The number of carbonyl (C=O) groups is 1. The first kappa shape index (κ1) is 12.7. The molecule has 2 aromatic rings. The van der Waals surface area contributed by atoms with Crippen LogP contribution in [-0.4, -0.2) is 15.6 Å². The number of hydrogen-bond acceptors (Lipinski definition) is 1. The van der Waals surface area contributed by atoms with Crippen LogP contribution in [0.1, 0.15) is 30.2 Å². The van der Waals surface area contributed by atoms with Crippen molar-refractivity contribution >= 4 is 16.9 Å². The summed E-state index contributed by atoms with van der Waals surface area (Å²) in [6, 6.07) is 6.32. The maximum absolute atomic E-state index is 10.8. The Morgan fingerprint density at radius 2 is 2.06 bits per heavy atom. The summed E-state index contributed by atoms with van der Waals surface area (Å²) in [7, 11) is 0. The molecule has 0 aliphatic carbocycles. The normalized spacial score (nSPS) is 11.1. The van der Waals surface area contributed by atoms with Gasteiger partial charge in [0.1, 0.15) is 0 Å². The number of carboxylic acid groups (broad SMARTS) is 1. The number of aliphatic carboxylic acids is 1. The van der Waals surface area contributed by atoms with Crippen LogP contribution in [0.4, 0.5) is 0 Å². The molecule has 96 valence electrons. The summed E-state index contributed by atoms with van der Waals surface area (Å²) < 4.78 is 2.15. The minimum absolute atomic E-state index is 0.169. The second-order valence-electron chi connectivity index (χ2n) is 4.67. The van der Waals surface area contributed by atoms with E-state index in [1.54, 1.807) is 0 Å². The van der Waals surface area contributed by atoms with E-state index in [9.17, 15) is 4.79 Å². The van der Waals surface area contributed by atoms with E-state index >= 15 is 0 Å². The van der Waals surface area contributed by atoms with Crippen molar-refractivity contribution in [1.29, 1.82) is 0 Å². The molecule has 1 aromatic carbocycles. The molecule has 3 nitrogen and oxygen atoms in total. The Kier molecular flexibility index (Phi) is 3.41. The zero-order valence-electron chi connectivity index (χ0n) is 11.2. The Labute approximate surface area is 107 Å². The first-order valence-corrected chi connectivity index (χ1v) is 6.35. The molecule has 1 N–H and O–H groups in total. The minimum atomic E-state index is -0.747. The highest BCUT2D eigenvalue weighted by atomic mass is 16.4. The van der Waals surface area contributed by atoms with Crippen molar-refractivity contribution < 1.29 is 9.90 Å². The summed E-state index contributed by atoms with van der Waals surface area (Å²) in [6.07, 6.45) is 1.13. The van der Waals surface area contributed by atoms with Gasteiger partial charge < -0.3 is 9.67 Å². The summed E-state index contributed by atoms with van der Waals surface area (Å²) in [5.41, 5.74) is 4.92. The lowest BCUT2D eigenvalue weighted by Crippen LogP contribution is -2.07. The number of fused-ring (bicyclic) bond motifs is 1. The van der Waals surface area contributed by atoms with E-state index in [4.69, 9.17) is 5.11 Å². The zero-order chi connectivity index (χ0) is 13.3. The van der Waals surface area contributed by atoms with Gasteiger partial charge in [-0.15, -0.1) is 0 Å². The molecule has 18 heavy (non-hydrogen) atoms. The Hall–Kier alpha value is -1.77. The molecule has 0 bridgehead atoms. The molecule has 0 amide bonds. The van der Waals surface area contributed by atoms with Crippen molar-refractivity contribution in [2.75, 3.05) is 0 Å². The largest absolute Gasteiger partial charge is 0.481 e. The fraction of sp³-hybridized carbons (Fsp3) is 0.400. The van der Waals surface area contributed by atoms with E-state index in [-0.39, 0.29) is 6.42 Å². The van der Waals surface area contributed by atoms with Crippen LogP contribution < -0.4 is 0 Å². The molecule has 1 heterocycles. The molecule has 0 aliphatic heterocycles. The first-order chi connectivity index (χ1) is 8.56. The van der Waals surface area contributed by atoms with Gasteiger partial charge in [0, 0.05) is 17.6 Å².